The molecule has 126 valence electrons. The minimum absolute atomic E-state index is 0.0540. The fourth-order valence-corrected chi connectivity index (χ4v) is 2.42. The van der Waals surface area contributed by atoms with Crippen LogP contribution in [0.2, 0.25) is 0 Å². The molecule has 1 heterocycles. The molecule has 0 unspecified atom stereocenters. The highest BCUT2D eigenvalue weighted by Gasteiger charge is 2.17. The van der Waals surface area contributed by atoms with Crippen LogP contribution in [0.5, 0.6) is 0 Å². The lowest BCUT2D eigenvalue weighted by atomic mass is 10.1. The quantitative estimate of drug-likeness (QED) is 0.856. The van der Waals surface area contributed by atoms with Crippen molar-refractivity contribution in [1.29, 1.82) is 0 Å². The summed E-state index contributed by atoms with van der Waals surface area (Å²) >= 11 is 0. The van der Waals surface area contributed by atoms with Gasteiger partial charge < -0.3 is 5.32 Å². The third-order valence-corrected chi connectivity index (χ3v) is 3.91. The molecule has 24 heavy (non-hydrogen) atoms. The zero-order valence-corrected chi connectivity index (χ0v) is 14.6. The van der Waals surface area contributed by atoms with Gasteiger partial charge in [-0.15, -0.1) is 6.58 Å². The summed E-state index contributed by atoms with van der Waals surface area (Å²) in [6, 6.07) is 6.84. The maximum Gasteiger partial charge on any atom is 0.278 e. The number of amides is 1. The molecule has 5 heteroatoms. The molecule has 0 fully saturated rings. The minimum atomic E-state index is -0.187. The van der Waals surface area contributed by atoms with E-state index in [0.717, 1.165) is 17.0 Å². The molecule has 1 N–H and O–H groups in total. The van der Waals surface area contributed by atoms with E-state index in [-0.39, 0.29) is 17.7 Å². The summed E-state index contributed by atoms with van der Waals surface area (Å²) in [5.74, 6) is -0.335. The smallest absolute Gasteiger partial charge is 0.278 e. The Morgan fingerprint density at radius 3 is 2.42 bits per heavy atom. The molecule has 0 aliphatic rings. The number of allylic oxidation sites excluding steroid dienone is 1. The van der Waals surface area contributed by atoms with Gasteiger partial charge in [-0.1, -0.05) is 19.9 Å². The van der Waals surface area contributed by atoms with E-state index in [1.165, 1.54) is 4.68 Å². The predicted molar refractivity (Wildman–Crippen MR) is 95.2 cm³/mol. The first-order valence-corrected chi connectivity index (χ1v) is 7.96. The predicted octanol–water partition coefficient (Wildman–Crippen LogP) is 3.51. The first-order chi connectivity index (χ1) is 11.3. The molecule has 0 spiro atoms. The number of aromatic nitrogens is 2. The Kier molecular flexibility index (Phi) is 5.34. The lowest BCUT2D eigenvalue weighted by Crippen LogP contribution is -2.18. The van der Waals surface area contributed by atoms with Crippen LogP contribution >= 0.6 is 0 Å². The van der Waals surface area contributed by atoms with Crippen LogP contribution in [0, 0.1) is 19.8 Å². The molecule has 2 aromatic rings. The first-order valence-electron chi connectivity index (χ1n) is 7.96. The van der Waals surface area contributed by atoms with Crippen LogP contribution in [0.4, 0.5) is 5.69 Å². The number of aryl methyl sites for hydroxylation is 1. The van der Waals surface area contributed by atoms with Gasteiger partial charge in [0.1, 0.15) is 0 Å². The Labute approximate surface area is 142 Å². The molecule has 0 saturated carbocycles. The number of rotatable bonds is 5. The van der Waals surface area contributed by atoms with Crippen molar-refractivity contribution in [2.75, 3.05) is 5.32 Å². The van der Waals surface area contributed by atoms with E-state index in [9.17, 15) is 9.59 Å². The Bertz CT molecular complexity index is 771. The molecule has 1 aromatic heterocycles. The normalized spacial score (nSPS) is 10.7. The SMILES string of the molecule is C=CCc1c(C)nn(C(=O)c2ccc(NC(=O)C(C)C)cc2)c1C. The van der Waals surface area contributed by atoms with Crippen LogP contribution in [-0.4, -0.2) is 21.6 Å². The van der Waals surface area contributed by atoms with E-state index in [1.807, 2.05) is 27.7 Å². The van der Waals surface area contributed by atoms with E-state index in [4.69, 9.17) is 0 Å². The van der Waals surface area contributed by atoms with Crippen molar-refractivity contribution in [2.45, 2.75) is 34.1 Å². The molecular formula is C19H23N3O2. The number of nitrogens with zero attached hydrogens (tertiary/aromatic N) is 2. The van der Waals surface area contributed by atoms with Crippen LogP contribution < -0.4 is 5.32 Å². The second kappa shape index (κ2) is 7.25. The maximum atomic E-state index is 12.7. The molecule has 0 bridgehead atoms. The summed E-state index contributed by atoms with van der Waals surface area (Å²) in [4.78, 5) is 24.4. The number of anilines is 1. The Hall–Kier alpha value is -2.69. The molecular weight excluding hydrogens is 302 g/mol. The Morgan fingerprint density at radius 2 is 1.88 bits per heavy atom. The van der Waals surface area contributed by atoms with Crippen molar-refractivity contribution in [3.05, 3.63) is 59.4 Å². The molecule has 2 rings (SSSR count). The van der Waals surface area contributed by atoms with Crippen LogP contribution in [0.15, 0.2) is 36.9 Å². The number of nitrogens with one attached hydrogen (secondary N) is 1. The van der Waals surface area contributed by atoms with Gasteiger partial charge in [0, 0.05) is 28.4 Å². The fourth-order valence-electron chi connectivity index (χ4n) is 2.42. The summed E-state index contributed by atoms with van der Waals surface area (Å²) in [6.45, 7) is 11.2. The number of carbonyl (C=O) groups excluding carboxylic acids is 2. The van der Waals surface area contributed by atoms with E-state index in [2.05, 4.69) is 17.0 Å². The van der Waals surface area contributed by atoms with Gasteiger partial charge in [0.05, 0.1) is 5.69 Å². The van der Waals surface area contributed by atoms with Gasteiger partial charge in [0.2, 0.25) is 5.91 Å². The van der Waals surface area contributed by atoms with E-state index in [1.54, 1.807) is 30.3 Å². The molecule has 5 nitrogen and oxygen atoms in total. The maximum absolute atomic E-state index is 12.7. The third-order valence-electron chi connectivity index (χ3n) is 3.91. The van der Waals surface area contributed by atoms with Crippen LogP contribution in [-0.2, 0) is 11.2 Å². The van der Waals surface area contributed by atoms with Crippen molar-refractivity contribution >= 4 is 17.5 Å². The summed E-state index contributed by atoms with van der Waals surface area (Å²) in [5, 5.41) is 7.15. The summed E-state index contributed by atoms with van der Waals surface area (Å²) < 4.78 is 1.43. The number of benzene rings is 1. The molecule has 0 aliphatic heterocycles. The van der Waals surface area contributed by atoms with Gasteiger partial charge in [-0.25, -0.2) is 4.68 Å². The highest BCUT2D eigenvalue weighted by Crippen LogP contribution is 2.17. The van der Waals surface area contributed by atoms with Gasteiger partial charge >= 0.3 is 0 Å². The number of hydrogen-bond acceptors (Lipinski definition) is 3. The highest BCUT2D eigenvalue weighted by molar-refractivity contribution is 5.97. The molecule has 0 atom stereocenters. The van der Waals surface area contributed by atoms with Gasteiger partial charge in [-0.2, -0.15) is 5.10 Å². The van der Waals surface area contributed by atoms with E-state index >= 15 is 0 Å². The van der Waals surface area contributed by atoms with Crippen LogP contribution in [0.25, 0.3) is 0 Å². The zero-order valence-electron chi connectivity index (χ0n) is 14.6. The summed E-state index contributed by atoms with van der Waals surface area (Å²) in [7, 11) is 0. The van der Waals surface area contributed by atoms with E-state index < -0.39 is 0 Å². The largest absolute Gasteiger partial charge is 0.326 e. The summed E-state index contributed by atoms with van der Waals surface area (Å²) in [5.41, 5.74) is 3.88. The second-order valence-electron chi connectivity index (χ2n) is 6.08. The van der Waals surface area contributed by atoms with Gasteiger partial charge in [0.15, 0.2) is 0 Å². The first kappa shape index (κ1) is 17.7. The van der Waals surface area contributed by atoms with Crippen molar-refractivity contribution in [1.82, 2.24) is 9.78 Å². The molecule has 0 saturated heterocycles. The van der Waals surface area contributed by atoms with Gasteiger partial charge in [-0.3, -0.25) is 9.59 Å². The molecule has 1 aromatic carbocycles. The average molecular weight is 325 g/mol. The third kappa shape index (κ3) is 3.62. The molecule has 0 radical (unpaired) electrons. The Balaban J connectivity index is 2.23. The van der Waals surface area contributed by atoms with Gasteiger partial charge in [0.25, 0.3) is 5.91 Å². The highest BCUT2D eigenvalue weighted by atomic mass is 16.2. The topological polar surface area (TPSA) is 64.0 Å². The van der Waals surface area contributed by atoms with Crippen LogP contribution in [0.1, 0.15) is 41.2 Å². The van der Waals surface area contributed by atoms with Crippen molar-refractivity contribution in [3.63, 3.8) is 0 Å². The van der Waals surface area contributed by atoms with E-state index in [0.29, 0.717) is 17.7 Å². The van der Waals surface area contributed by atoms with Gasteiger partial charge in [-0.05, 0) is 44.5 Å². The monoisotopic (exact) mass is 325 g/mol. The second-order valence-corrected chi connectivity index (χ2v) is 6.08. The number of hydrogen-bond donors (Lipinski definition) is 1. The minimum Gasteiger partial charge on any atom is -0.326 e. The summed E-state index contributed by atoms with van der Waals surface area (Å²) in [6.07, 6.45) is 2.49. The van der Waals surface area contributed by atoms with Crippen molar-refractivity contribution < 1.29 is 9.59 Å². The van der Waals surface area contributed by atoms with Crippen molar-refractivity contribution in [3.8, 4) is 0 Å². The standard InChI is InChI=1S/C19H23N3O2/c1-6-7-17-13(4)21-22(14(17)5)19(24)15-8-10-16(11-9-15)20-18(23)12(2)3/h6,8-12H,1,7H2,2-5H3,(H,20,23). The van der Waals surface area contributed by atoms with Crippen molar-refractivity contribution in [2.24, 2.45) is 5.92 Å². The lowest BCUT2D eigenvalue weighted by Gasteiger charge is -2.09. The fraction of sp³-hybridized carbons (Fsp3) is 0.316. The molecule has 0 aliphatic carbocycles. The lowest BCUT2D eigenvalue weighted by molar-refractivity contribution is -0.118. The zero-order chi connectivity index (χ0) is 17.9. The molecule has 1 amide bonds. The number of carbonyl (C=O) groups is 2. The Morgan fingerprint density at radius 1 is 1.25 bits per heavy atom. The van der Waals surface area contributed by atoms with Crippen LogP contribution in [0.3, 0.4) is 0 Å². The average Bonchev–Trinajstić information content (AvgIpc) is 2.83.